The first-order chi connectivity index (χ1) is 7.29. The zero-order valence-electron chi connectivity index (χ0n) is 10.2. The van der Waals surface area contributed by atoms with E-state index in [9.17, 15) is 9.59 Å². The molecule has 0 aliphatic heterocycles. The largest absolute Gasteiger partial charge is 0.481 e. The number of amides is 2. The number of carboxylic acid groups (broad SMARTS) is 1. The number of carbonyl (C=O) groups excluding carboxylic acids is 1. The van der Waals surface area contributed by atoms with E-state index in [0.29, 0.717) is 11.8 Å². The Morgan fingerprint density at radius 2 is 1.94 bits per heavy atom. The molecule has 0 spiro atoms. The van der Waals surface area contributed by atoms with Crippen molar-refractivity contribution in [1.82, 2.24) is 10.6 Å². The summed E-state index contributed by atoms with van der Waals surface area (Å²) in [6.07, 6.45) is 1.97. The van der Waals surface area contributed by atoms with Crippen molar-refractivity contribution < 1.29 is 14.7 Å². The molecule has 16 heavy (non-hydrogen) atoms. The number of thioether (sulfide) groups is 1. The lowest BCUT2D eigenvalue weighted by Gasteiger charge is -2.20. The smallest absolute Gasteiger partial charge is 0.314 e. The summed E-state index contributed by atoms with van der Waals surface area (Å²) >= 11 is 1.66. The van der Waals surface area contributed by atoms with Gasteiger partial charge >= 0.3 is 12.0 Å². The molecular formula is C10H20N2O3S. The number of aliphatic carboxylic acids is 1. The van der Waals surface area contributed by atoms with Crippen molar-refractivity contribution in [2.75, 3.05) is 19.3 Å². The molecule has 0 heterocycles. The lowest BCUT2D eigenvalue weighted by atomic mass is 9.94. The van der Waals surface area contributed by atoms with Crippen molar-refractivity contribution in [3.8, 4) is 0 Å². The third-order valence-corrected chi connectivity index (χ3v) is 3.19. The van der Waals surface area contributed by atoms with E-state index >= 15 is 0 Å². The van der Waals surface area contributed by atoms with E-state index in [0.717, 1.165) is 0 Å². The maximum Gasteiger partial charge on any atom is 0.314 e. The van der Waals surface area contributed by atoms with E-state index in [1.165, 1.54) is 0 Å². The molecule has 0 radical (unpaired) electrons. The van der Waals surface area contributed by atoms with Crippen molar-refractivity contribution in [2.45, 2.75) is 26.0 Å². The first-order valence-corrected chi connectivity index (χ1v) is 6.36. The number of carbonyl (C=O) groups is 2. The van der Waals surface area contributed by atoms with Crippen LogP contribution >= 0.6 is 11.8 Å². The second kappa shape index (κ2) is 6.62. The predicted molar refractivity (Wildman–Crippen MR) is 65.8 cm³/mol. The van der Waals surface area contributed by atoms with E-state index in [-0.39, 0.29) is 12.6 Å². The molecule has 0 fully saturated rings. The van der Waals surface area contributed by atoms with Crippen LogP contribution in [0.15, 0.2) is 0 Å². The Bertz CT molecular complexity index is 256. The van der Waals surface area contributed by atoms with Gasteiger partial charge in [0.25, 0.3) is 0 Å². The third-order valence-electron chi connectivity index (χ3n) is 2.22. The van der Waals surface area contributed by atoms with Gasteiger partial charge in [0.15, 0.2) is 0 Å². The van der Waals surface area contributed by atoms with Crippen LogP contribution in [0.5, 0.6) is 0 Å². The highest BCUT2D eigenvalue weighted by Gasteiger charge is 2.27. The molecule has 2 amide bonds. The van der Waals surface area contributed by atoms with Crippen LogP contribution in [0.4, 0.5) is 4.79 Å². The summed E-state index contributed by atoms with van der Waals surface area (Å²) in [5.74, 6) is -0.926. The first-order valence-electron chi connectivity index (χ1n) is 5.07. The summed E-state index contributed by atoms with van der Waals surface area (Å²) in [5, 5.41) is 14.4. The zero-order chi connectivity index (χ0) is 12.8. The summed E-state index contributed by atoms with van der Waals surface area (Å²) in [7, 11) is 0. The molecule has 0 rings (SSSR count). The van der Waals surface area contributed by atoms with E-state index in [1.54, 1.807) is 25.6 Å². The fourth-order valence-corrected chi connectivity index (χ4v) is 1.01. The number of hydrogen-bond donors (Lipinski definition) is 3. The number of urea groups is 1. The molecule has 0 aliphatic rings. The zero-order valence-corrected chi connectivity index (χ0v) is 11.0. The summed E-state index contributed by atoms with van der Waals surface area (Å²) in [6.45, 7) is 5.83. The molecule has 0 bridgehead atoms. The summed E-state index contributed by atoms with van der Waals surface area (Å²) in [5.41, 5.74) is -0.942. The number of rotatable bonds is 6. The van der Waals surface area contributed by atoms with Gasteiger partial charge in [0.2, 0.25) is 0 Å². The topological polar surface area (TPSA) is 78.4 Å². The molecule has 1 atom stereocenters. The fraction of sp³-hybridized carbons (Fsp3) is 0.800. The Morgan fingerprint density at radius 3 is 2.38 bits per heavy atom. The van der Waals surface area contributed by atoms with Crippen LogP contribution in [0.1, 0.15) is 20.8 Å². The molecule has 0 aromatic rings. The highest BCUT2D eigenvalue weighted by molar-refractivity contribution is 7.99. The van der Waals surface area contributed by atoms with Crippen LogP contribution in [0.3, 0.4) is 0 Å². The molecule has 0 aromatic heterocycles. The number of carboxylic acids is 1. The van der Waals surface area contributed by atoms with Crippen molar-refractivity contribution in [1.29, 1.82) is 0 Å². The van der Waals surface area contributed by atoms with Crippen molar-refractivity contribution >= 4 is 23.8 Å². The van der Waals surface area contributed by atoms with Gasteiger partial charge < -0.3 is 15.7 Å². The quantitative estimate of drug-likeness (QED) is 0.659. The van der Waals surface area contributed by atoms with E-state index in [2.05, 4.69) is 10.6 Å². The molecule has 0 aliphatic carbocycles. The van der Waals surface area contributed by atoms with Gasteiger partial charge in [-0.2, -0.15) is 11.8 Å². The number of hydrogen-bond acceptors (Lipinski definition) is 3. The molecule has 1 unspecified atom stereocenters. The van der Waals surface area contributed by atoms with Crippen molar-refractivity contribution in [2.24, 2.45) is 5.41 Å². The first kappa shape index (κ1) is 15.1. The SMILES string of the molecule is CSC(C)CNC(=O)NCC(C)(C)C(=O)O. The summed E-state index contributed by atoms with van der Waals surface area (Å²) in [4.78, 5) is 22.1. The van der Waals surface area contributed by atoms with Crippen LogP contribution in [-0.2, 0) is 4.79 Å². The van der Waals surface area contributed by atoms with Gasteiger partial charge in [0.1, 0.15) is 0 Å². The van der Waals surface area contributed by atoms with Gasteiger partial charge in [-0.25, -0.2) is 4.79 Å². The van der Waals surface area contributed by atoms with Gasteiger partial charge in [0, 0.05) is 18.3 Å². The van der Waals surface area contributed by atoms with Gasteiger partial charge in [-0.15, -0.1) is 0 Å². The van der Waals surface area contributed by atoms with Gasteiger partial charge in [-0.3, -0.25) is 4.79 Å². The van der Waals surface area contributed by atoms with E-state index in [4.69, 9.17) is 5.11 Å². The van der Waals surface area contributed by atoms with E-state index in [1.807, 2.05) is 13.2 Å². The molecule has 94 valence electrons. The van der Waals surface area contributed by atoms with Crippen LogP contribution in [-0.4, -0.2) is 41.7 Å². The predicted octanol–water partition coefficient (Wildman–Crippen LogP) is 1.15. The van der Waals surface area contributed by atoms with Gasteiger partial charge in [-0.05, 0) is 20.1 Å². The summed E-state index contributed by atoms with van der Waals surface area (Å²) in [6, 6.07) is -0.324. The second-order valence-corrected chi connectivity index (χ2v) is 5.58. The number of nitrogens with one attached hydrogen (secondary N) is 2. The Kier molecular flexibility index (Phi) is 6.25. The fourth-order valence-electron chi connectivity index (χ4n) is 0.759. The minimum Gasteiger partial charge on any atom is -0.481 e. The Morgan fingerprint density at radius 1 is 1.38 bits per heavy atom. The summed E-state index contributed by atoms with van der Waals surface area (Å²) < 4.78 is 0. The molecule has 0 saturated carbocycles. The van der Waals surface area contributed by atoms with Crippen LogP contribution < -0.4 is 10.6 Å². The second-order valence-electron chi connectivity index (χ2n) is 4.30. The highest BCUT2D eigenvalue weighted by atomic mass is 32.2. The minimum absolute atomic E-state index is 0.113. The Labute approximate surface area is 100 Å². The normalized spacial score (nSPS) is 13.0. The highest BCUT2D eigenvalue weighted by Crippen LogP contribution is 2.12. The Balaban J connectivity index is 3.86. The standard InChI is InChI=1S/C10H20N2O3S/c1-7(16-4)5-11-9(15)12-6-10(2,3)8(13)14/h7H,5-6H2,1-4H3,(H,13,14)(H2,11,12,15). The molecule has 0 saturated heterocycles. The third kappa shape index (κ3) is 5.85. The molecule has 5 nitrogen and oxygen atoms in total. The van der Waals surface area contributed by atoms with Crippen molar-refractivity contribution in [3.05, 3.63) is 0 Å². The van der Waals surface area contributed by atoms with Crippen LogP contribution in [0.2, 0.25) is 0 Å². The molecule has 3 N–H and O–H groups in total. The van der Waals surface area contributed by atoms with Crippen LogP contribution in [0.25, 0.3) is 0 Å². The maximum atomic E-state index is 11.3. The van der Waals surface area contributed by atoms with Gasteiger partial charge in [0.05, 0.1) is 5.41 Å². The lowest BCUT2D eigenvalue weighted by molar-refractivity contribution is -0.146. The average Bonchev–Trinajstić information content (AvgIpc) is 2.22. The molecular weight excluding hydrogens is 228 g/mol. The molecule has 6 heteroatoms. The maximum absolute atomic E-state index is 11.3. The Hall–Kier alpha value is -0.910. The minimum atomic E-state index is -0.942. The average molecular weight is 248 g/mol. The van der Waals surface area contributed by atoms with Gasteiger partial charge in [-0.1, -0.05) is 6.92 Å². The molecule has 0 aromatic carbocycles. The lowest BCUT2D eigenvalue weighted by Crippen LogP contribution is -2.44. The van der Waals surface area contributed by atoms with Crippen LogP contribution in [0, 0.1) is 5.41 Å². The van der Waals surface area contributed by atoms with Crippen molar-refractivity contribution in [3.63, 3.8) is 0 Å². The monoisotopic (exact) mass is 248 g/mol. The van der Waals surface area contributed by atoms with E-state index < -0.39 is 11.4 Å².